The SMILES string of the molecule is CC(N)c1nc(-c2nc3cc(Cl)cc(Cl)c3o2)cs1. The molecular weight excluding hydrogens is 305 g/mol. The minimum Gasteiger partial charge on any atom is -0.433 e. The van der Waals surface area contributed by atoms with E-state index in [9.17, 15) is 0 Å². The van der Waals surface area contributed by atoms with Crippen molar-refractivity contribution < 1.29 is 4.42 Å². The van der Waals surface area contributed by atoms with Gasteiger partial charge in [-0.25, -0.2) is 9.97 Å². The van der Waals surface area contributed by atoms with E-state index < -0.39 is 0 Å². The van der Waals surface area contributed by atoms with Gasteiger partial charge in [0.05, 0.1) is 11.1 Å². The van der Waals surface area contributed by atoms with Crippen LogP contribution in [0.25, 0.3) is 22.7 Å². The summed E-state index contributed by atoms with van der Waals surface area (Å²) in [4.78, 5) is 8.73. The van der Waals surface area contributed by atoms with Gasteiger partial charge in [0.1, 0.15) is 16.2 Å². The average Bonchev–Trinajstić information content (AvgIpc) is 2.92. The number of nitrogens with two attached hydrogens (primary N) is 1. The third-order valence-electron chi connectivity index (χ3n) is 2.54. The zero-order valence-corrected chi connectivity index (χ0v) is 12.2. The minimum absolute atomic E-state index is 0.110. The molecular formula is C12H9Cl2N3OS. The van der Waals surface area contributed by atoms with Crippen LogP contribution in [0, 0.1) is 0 Å². The fourth-order valence-corrected chi connectivity index (χ4v) is 2.94. The smallest absolute Gasteiger partial charge is 0.247 e. The molecule has 0 aliphatic heterocycles. The van der Waals surface area contributed by atoms with Crippen molar-refractivity contribution in [2.24, 2.45) is 5.73 Å². The van der Waals surface area contributed by atoms with Gasteiger partial charge in [0.15, 0.2) is 5.58 Å². The molecule has 0 saturated carbocycles. The van der Waals surface area contributed by atoms with Crippen molar-refractivity contribution >= 4 is 45.6 Å². The number of hydrogen-bond acceptors (Lipinski definition) is 5. The molecule has 19 heavy (non-hydrogen) atoms. The molecule has 0 bridgehead atoms. The summed E-state index contributed by atoms with van der Waals surface area (Å²) in [5, 5.41) is 3.65. The molecule has 2 aromatic heterocycles. The van der Waals surface area contributed by atoms with E-state index in [1.807, 2.05) is 12.3 Å². The maximum Gasteiger partial charge on any atom is 0.247 e. The number of fused-ring (bicyclic) bond motifs is 1. The van der Waals surface area contributed by atoms with Crippen LogP contribution in [0.5, 0.6) is 0 Å². The topological polar surface area (TPSA) is 64.9 Å². The van der Waals surface area contributed by atoms with Gasteiger partial charge >= 0.3 is 0 Å². The molecule has 98 valence electrons. The standard InChI is InChI=1S/C12H9Cl2N3OS/c1-5(15)12-17-9(4-19-12)11-16-8-3-6(13)2-7(14)10(8)18-11/h2-5H,15H2,1H3. The first-order chi connectivity index (χ1) is 9.04. The average molecular weight is 314 g/mol. The van der Waals surface area contributed by atoms with Crippen LogP contribution in [0.1, 0.15) is 18.0 Å². The first-order valence-corrected chi connectivity index (χ1v) is 7.15. The van der Waals surface area contributed by atoms with Crippen LogP contribution < -0.4 is 5.73 Å². The van der Waals surface area contributed by atoms with E-state index in [2.05, 4.69) is 9.97 Å². The highest BCUT2D eigenvalue weighted by molar-refractivity contribution is 7.10. The van der Waals surface area contributed by atoms with Crippen molar-refractivity contribution in [1.29, 1.82) is 0 Å². The van der Waals surface area contributed by atoms with Crippen molar-refractivity contribution in [2.75, 3.05) is 0 Å². The summed E-state index contributed by atoms with van der Waals surface area (Å²) in [6, 6.07) is 3.21. The van der Waals surface area contributed by atoms with Gasteiger partial charge < -0.3 is 10.2 Å². The fraction of sp³-hybridized carbons (Fsp3) is 0.167. The number of aromatic nitrogens is 2. The minimum atomic E-state index is -0.110. The van der Waals surface area contributed by atoms with Gasteiger partial charge in [0.25, 0.3) is 0 Å². The van der Waals surface area contributed by atoms with Crippen LogP contribution >= 0.6 is 34.5 Å². The van der Waals surface area contributed by atoms with E-state index >= 15 is 0 Å². The van der Waals surface area contributed by atoms with E-state index in [-0.39, 0.29) is 6.04 Å². The predicted octanol–water partition coefficient (Wildman–Crippen LogP) is 4.28. The van der Waals surface area contributed by atoms with Gasteiger partial charge in [-0.15, -0.1) is 11.3 Å². The Morgan fingerprint density at radius 3 is 2.79 bits per heavy atom. The Hall–Kier alpha value is -1.14. The van der Waals surface area contributed by atoms with Crippen LogP contribution in [0.3, 0.4) is 0 Å². The lowest BCUT2D eigenvalue weighted by atomic mass is 10.3. The number of rotatable bonds is 2. The van der Waals surface area contributed by atoms with E-state index in [0.29, 0.717) is 32.7 Å². The molecule has 3 aromatic rings. The molecule has 0 aliphatic rings. The van der Waals surface area contributed by atoms with Gasteiger partial charge in [0, 0.05) is 10.4 Å². The van der Waals surface area contributed by atoms with Crippen LogP contribution in [0.15, 0.2) is 21.9 Å². The molecule has 0 saturated heterocycles. The maximum atomic E-state index is 6.06. The highest BCUT2D eigenvalue weighted by atomic mass is 35.5. The molecule has 4 nitrogen and oxygen atoms in total. The number of thiazole rings is 1. The normalized spacial score (nSPS) is 13.1. The van der Waals surface area contributed by atoms with Crippen molar-refractivity contribution in [1.82, 2.24) is 9.97 Å². The molecule has 7 heteroatoms. The van der Waals surface area contributed by atoms with Crippen molar-refractivity contribution in [3.8, 4) is 11.6 Å². The van der Waals surface area contributed by atoms with E-state index in [0.717, 1.165) is 5.01 Å². The summed E-state index contributed by atoms with van der Waals surface area (Å²) in [5.41, 5.74) is 7.56. The third-order valence-corrected chi connectivity index (χ3v) is 4.08. The van der Waals surface area contributed by atoms with Gasteiger partial charge in [-0.05, 0) is 19.1 Å². The van der Waals surface area contributed by atoms with Gasteiger partial charge in [-0.3, -0.25) is 0 Å². The highest BCUT2D eigenvalue weighted by Crippen LogP contribution is 2.32. The Morgan fingerprint density at radius 1 is 1.32 bits per heavy atom. The Balaban J connectivity index is 2.12. The number of nitrogens with zero attached hydrogens (tertiary/aromatic N) is 2. The second-order valence-electron chi connectivity index (χ2n) is 4.11. The summed E-state index contributed by atoms with van der Waals surface area (Å²) in [6.45, 7) is 1.88. The Labute approximate surface area is 123 Å². The van der Waals surface area contributed by atoms with Crippen molar-refractivity contribution in [3.63, 3.8) is 0 Å². The Kier molecular flexibility index (Phi) is 3.22. The van der Waals surface area contributed by atoms with Crippen molar-refractivity contribution in [3.05, 3.63) is 32.6 Å². The lowest BCUT2D eigenvalue weighted by molar-refractivity contribution is 0.616. The summed E-state index contributed by atoms with van der Waals surface area (Å²) in [7, 11) is 0. The van der Waals surface area contributed by atoms with Crippen LogP contribution in [-0.4, -0.2) is 9.97 Å². The molecule has 1 aromatic carbocycles. The lowest BCUT2D eigenvalue weighted by Crippen LogP contribution is -2.03. The zero-order valence-electron chi connectivity index (χ0n) is 9.85. The molecule has 3 rings (SSSR count). The molecule has 0 fully saturated rings. The quantitative estimate of drug-likeness (QED) is 0.767. The predicted molar refractivity (Wildman–Crippen MR) is 77.7 cm³/mol. The molecule has 2 heterocycles. The molecule has 1 atom stereocenters. The summed E-state index contributed by atoms with van der Waals surface area (Å²) < 4.78 is 5.63. The molecule has 0 spiro atoms. The Bertz CT molecular complexity index is 751. The first-order valence-electron chi connectivity index (χ1n) is 5.51. The first kappa shape index (κ1) is 12.9. The van der Waals surface area contributed by atoms with E-state index in [1.165, 1.54) is 11.3 Å². The number of oxazole rings is 1. The molecule has 0 radical (unpaired) electrons. The fourth-order valence-electron chi connectivity index (χ4n) is 1.66. The van der Waals surface area contributed by atoms with Gasteiger partial charge in [-0.2, -0.15) is 0 Å². The zero-order chi connectivity index (χ0) is 13.6. The molecule has 0 amide bonds. The van der Waals surface area contributed by atoms with Gasteiger partial charge in [-0.1, -0.05) is 23.2 Å². The highest BCUT2D eigenvalue weighted by Gasteiger charge is 2.15. The third kappa shape index (κ3) is 2.34. The number of halogens is 2. The largest absolute Gasteiger partial charge is 0.433 e. The van der Waals surface area contributed by atoms with Gasteiger partial charge in [0.2, 0.25) is 5.89 Å². The van der Waals surface area contributed by atoms with E-state index in [1.54, 1.807) is 12.1 Å². The molecule has 0 aliphatic carbocycles. The maximum absolute atomic E-state index is 6.06. The second kappa shape index (κ2) is 4.76. The second-order valence-corrected chi connectivity index (χ2v) is 5.85. The van der Waals surface area contributed by atoms with E-state index in [4.69, 9.17) is 33.4 Å². The molecule has 1 unspecified atom stereocenters. The Morgan fingerprint density at radius 2 is 2.11 bits per heavy atom. The van der Waals surface area contributed by atoms with Crippen molar-refractivity contribution in [2.45, 2.75) is 13.0 Å². The lowest BCUT2D eigenvalue weighted by Gasteiger charge is -1.96. The number of benzene rings is 1. The summed E-state index contributed by atoms with van der Waals surface area (Å²) >= 11 is 13.5. The van der Waals surface area contributed by atoms with Crippen LogP contribution in [0.4, 0.5) is 0 Å². The number of hydrogen-bond donors (Lipinski definition) is 1. The monoisotopic (exact) mass is 313 g/mol. The van der Waals surface area contributed by atoms with Crippen LogP contribution in [-0.2, 0) is 0 Å². The summed E-state index contributed by atoms with van der Waals surface area (Å²) in [5.74, 6) is 0.419. The molecule has 2 N–H and O–H groups in total. The summed E-state index contributed by atoms with van der Waals surface area (Å²) in [6.07, 6.45) is 0. The van der Waals surface area contributed by atoms with Crippen LogP contribution in [0.2, 0.25) is 10.0 Å².